The van der Waals surface area contributed by atoms with Gasteiger partial charge < -0.3 is 9.88 Å². The fourth-order valence-electron chi connectivity index (χ4n) is 3.51. The van der Waals surface area contributed by atoms with Crippen molar-refractivity contribution in [2.45, 2.75) is 25.9 Å². The van der Waals surface area contributed by atoms with Crippen molar-refractivity contribution in [1.29, 1.82) is 0 Å². The number of nitrogens with zero attached hydrogens (tertiary/aromatic N) is 3. The molecule has 7 nitrogen and oxygen atoms in total. The average molecular weight is 414 g/mol. The lowest BCUT2D eigenvalue weighted by Gasteiger charge is -2.23. The largest absolute Gasteiger partial charge is 0.342 e. The number of amides is 1. The number of benzene rings is 3. The molecule has 0 spiro atoms. The van der Waals surface area contributed by atoms with Crippen LogP contribution in [0.4, 0.5) is 5.69 Å². The van der Waals surface area contributed by atoms with Crippen LogP contribution in [-0.4, -0.2) is 25.7 Å². The van der Waals surface area contributed by atoms with Crippen LogP contribution >= 0.6 is 0 Å². The van der Waals surface area contributed by atoms with Crippen LogP contribution < -0.4 is 0 Å². The lowest BCUT2D eigenvalue weighted by atomic mass is 10.1. The minimum Gasteiger partial charge on any atom is -0.342 e. The SMILES string of the molecule is O=C(CCc1nc2ccc([N+](=O)[O-])cc2[nH]1)N(Cc1ccccc1)Cc1ccccc1. The molecular weight excluding hydrogens is 392 g/mol. The Morgan fingerprint density at radius 1 is 0.935 bits per heavy atom. The minimum absolute atomic E-state index is 0.00988. The molecule has 0 radical (unpaired) electrons. The first-order chi connectivity index (χ1) is 15.1. The van der Waals surface area contributed by atoms with E-state index in [1.54, 1.807) is 6.07 Å². The maximum atomic E-state index is 13.1. The summed E-state index contributed by atoms with van der Waals surface area (Å²) < 4.78 is 0. The Balaban J connectivity index is 1.47. The molecule has 0 fully saturated rings. The van der Waals surface area contributed by atoms with Crippen LogP contribution in [-0.2, 0) is 24.3 Å². The topological polar surface area (TPSA) is 92.1 Å². The number of hydrogen-bond acceptors (Lipinski definition) is 4. The number of carbonyl (C=O) groups is 1. The van der Waals surface area contributed by atoms with E-state index in [0.717, 1.165) is 11.1 Å². The van der Waals surface area contributed by atoms with Crippen molar-refractivity contribution in [1.82, 2.24) is 14.9 Å². The van der Waals surface area contributed by atoms with E-state index in [-0.39, 0.29) is 11.6 Å². The molecular formula is C24H22N4O3. The quantitative estimate of drug-likeness (QED) is 0.336. The molecule has 3 aromatic carbocycles. The highest BCUT2D eigenvalue weighted by Crippen LogP contribution is 2.20. The molecule has 0 unspecified atom stereocenters. The second-order valence-electron chi connectivity index (χ2n) is 7.36. The van der Waals surface area contributed by atoms with Crippen molar-refractivity contribution in [3.8, 4) is 0 Å². The zero-order chi connectivity index (χ0) is 21.6. The van der Waals surface area contributed by atoms with E-state index >= 15 is 0 Å². The molecule has 7 heteroatoms. The second-order valence-corrected chi connectivity index (χ2v) is 7.36. The second kappa shape index (κ2) is 9.21. The number of imidazole rings is 1. The third-order valence-corrected chi connectivity index (χ3v) is 5.09. The number of carbonyl (C=O) groups excluding carboxylic acids is 1. The third-order valence-electron chi connectivity index (χ3n) is 5.09. The van der Waals surface area contributed by atoms with Crippen LogP contribution in [0, 0.1) is 10.1 Å². The van der Waals surface area contributed by atoms with Gasteiger partial charge in [-0.15, -0.1) is 0 Å². The first kappa shape index (κ1) is 20.3. The number of H-pyrrole nitrogens is 1. The molecule has 0 aliphatic rings. The van der Waals surface area contributed by atoms with Crippen LogP contribution in [0.25, 0.3) is 11.0 Å². The van der Waals surface area contributed by atoms with Crippen molar-refractivity contribution in [2.75, 3.05) is 0 Å². The fourth-order valence-corrected chi connectivity index (χ4v) is 3.51. The highest BCUT2D eigenvalue weighted by atomic mass is 16.6. The van der Waals surface area contributed by atoms with Gasteiger partial charge in [0.2, 0.25) is 5.91 Å². The summed E-state index contributed by atoms with van der Waals surface area (Å²) in [6.07, 6.45) is 0.725. The summed E-state index contributed by atoms with van der Waals surface area (Å²) in [4.78, 5) is 33.0. The van der Waals surface area contributed by atoms with Crippen molar-refractivity contribution in [3.63, 3.8) is 0 Å². The van der Waals surface area contributed by atoms with Crippen LogP contribution in [0.3, 0.4) is 0 Å². The summed E-state index contributed by atoms with van der Waals surface area (Å²) in [5, 5.41) is 11.0. The van der Waals surface area contributed by atoms with Crippen molar-refractivity contribution >= 4 is 22.6 Å². The minimum atomic E-state index is -0.436. The Morgan fingerprint density at radius 3 is 2.13 bits per heavy atom. The van der Waals surface area contributed by atoms with Crippen molar-refractivity contribution in [3.05, 3.63) is 106 Å². The number of nitro benzene ring substituents is 1. The van der Waals surface area contributed by atoms with Crippen molar-refractivity contribution < 1.29 is 9.72 Å². The number of fused-ring (bicyclic) bond motifs is 1. The molecule has 4 rings (SSSR count). The molecule has 1 heterocycles. The van der Waals surface area contributed by atoms with Gasteiger partial charge >= 0.3 is 0 Å². The number of hydrogen-bond donors (Lipinski definition) is 1. The molecule has 0 bridgehead atoms. The summed E-state index contributed by atoms with van der Waals surface area (Å²) in [5.74, 6) is 0.669. The van der Waals surface area contributed by atoms with E-state index in [1.165, 1.54) is 12.1 Å². The number of nitrogens with one attached hydrogen (secondary N) is 1. The van der Waals surface area contributed by atoms with E-state index in [1.807, 2.05) is 65.6 Å². The average Bonchev–Trinajstić information content (AvgIpc) is 3.20. The van der Waals surface area contributed by atoms with Gasteiger partial charge in [-0.2, -0.15) is 0 Å². The predicted octanol–water partition coefficient (Wildman–Crippen LogP) is 4.63. The molecule has 0 saturated carbocycles. The third kappa shape index (κ3) is 5.14. The van der Waals surface area contributed by atoms with Crippen LogP contribution in [0.1, 0.15) is 23.4 Å². The molecule has 31 heavy (non-hydrogen) atoms. The fraction of sp³-hybridized carbons (Fsp3) is 0.167. The Morgan fingerprint density at radius 2 is 1.55 bits per heavy atom. The highest BCUT2D eigenvalue weighted by molar-refractivity contribution is 5.79. The molecule has 1 N–H and O–H groups in total. The van der Waals surface area contributed by atoms with E-state index in [4.69, 9.17) is 0 Å². The van der Waals surface area contributed by atoms with E-state index in [9.17, 15) is 14.9 Å². The molecule has 0 aliphatic carbocycles. The summed E-state index contributed by atoms with van der Waals surface area (Å²) >= 11 is 0. The smallest absolute Gasteiger partial charge is 0.271 e. The lowest BCUT2D eigenvalue weighted by molar-refractivity contribution is -0.384. The number of aryl methyl sites for hydroxylation is 1. The Hall–Kier alpha value is -4.00. The van der Waals surface area contributed by atoms with Crippen molar-refractivity contribution in [2.24, 2.45) is 0 Å². The van der Waals surface area contributed by atoms with Gasteiger partial charge in [0.05, 0.1) is 16.0 Å². The molecule has 4 aromatic rings. The Labute approximate surface area is 179 Å². The molecule has 1 amide bonds. The Bertz CT molecular complexity index is 1150. The summed E-state index contributed by atoms with van der Waals surface area (Å²) in [6.45, 7) is 1.06. The number of non-ortho nitro benzene ring substituents is 1. The van der Waals surface area contributed by atoms with Gasteiger partial charge in [-0.3, -0.25) is 14.9 Å². The van der Waals surface area contributed by atoms with Crippen LogP contribution in [0.5, 0.6) is 0 Å². The lowest BCUT2D eigenvalue weighted by Crippen LogP contribution is -2.30. The number of nitro groups is 1. The van der Waals surface area contributed by atoms with E-state index in [0.29, 0.717) is 42.8 Å². The summed E-state index contributed by atoms with van der Waals surface area (Å²) in [5.41, 5.74) is 3.40. The van der Waals surface area contributed by atoms with Gasteiger partial charge in [0, 0.05) is 38.1 Å². The van der Waals surface area contributed by atoms with Gasteiger partial charge in [0.25, 0.3) is 5.69 Å². The molecule has 0 aliphatic heterocycles. The number of aromatic amines is 1. The number of aromatic nitrogens is 2. The standard InChI is InChI=1S/C24H22N4O3/c29-24(14-13-23-25-21-12-11-20(28(30)31)15-22(21)26-23)27(16-18-7-3-1-4-8-18)17-19-9-5-2-6-10-19/h1-12,15H,13-14,16-17H2,(H,25,26). The normalized spacial score (nSPS) is 10.8. The first-order valence-electron chi connectivity index (χ1n) is 10.1. The zero-order valence-corrected chi connectivity index (χ0v) is 16.9. The van der Waals surface area contributed by atoms with Gasteiger partial charge in [0.1, 0.15) is 5.82 Å². The van der Waals surface area contributed by atoms with Crippen LogP contribution in [0.15, 0.2) is 78.9 Å². The summed E-state index contributed by atoms with van der Waals surface area (Å²) in [7, 11) is 0. The van der Waals surface area contributed by atoms with E-state index < -0.39 is 4.92 Å². The monoisotopic (exact) mass is 414 g/mol. The number of rotatable bonds is 8. The molecule has 0 saturated heterocycles. The maximum Gasteiger partial charge on any atom is 0.271 e. The van der Waals surface area contributed by atoms with Gasteiger partial charge in [0.15, 0.2) is 0 Å². The molecule has 156 valence electrons. The molecule has 0 atom stereocenters. The van der Waals surface area contributed by atoms with Crippen LogP contribution in [0.2, 0.25) is 0 Å². The highest BCUT2D eigenvalue weighted by Gasteiger charge is 2.16. The van der Waals surface area contributed by atoms with E-state index in [2.05, 4.69) is 9.97 Å². The van der Waals surface area contributed by atoms with Gasteiger partial charge in [-0.1, -0.05) is 60.7 Å². The Kier molecular flexibility index (Phi) is 6.03. The van der Waals surface area contributed by atoms with Gasteiger partial charge in [-0.05, 0) is 17.2 Å². The molecule has 1 aromatic heterocycles. The predicted molar refractivity (Wildman–Crippen MR) is 118 cm³/mol. The zero-order valence-electron chi connectivity index (χ0n) is 16.9. The maximum absolute atomic E-state index is 13.1. The van der Waals surface area contributed by atoms with Gasteiger partial charge in [-0.25, -0.2) is 4.98 Å². The summed E-state index contributed by atoms with van der Waals surface area (Å²) in [6, 6.07) is 24.3. The first-order valence-corrected chi connectivity index (χ1v) is 10.1.